The summed E-state index contributed by atoms with van der Waals surface area (Å²) < 4.78 is 21.9. The van der Waals surface area contributed by atoms with E-state index in [1.54, 1.807) is 4.90 Å². The largest absolute Gasteiger partial charge is 0.338 e. The van der Waals surface area contributed by atoms with Crippen LogP contribution in [-0.2, 0) is 14.6 Å². The van der Waals surface area contributed by atoms with Crippen molar-refractivity contribution >= 4 is 28.2 Å². The van der Waals surface area contributed by atoms with Crippen LogP contribution in [0.1, 0.15) is 27.7 Å². The molecule has 0 radical (unpaired) electrons. The van der Waals surface area contributed by atoms with Gasteiger partial charge in [-0.25, -0.2) is 8.42 Å². The van der Waals surface area contributed by atoms with Crippen LogP contribution in [-0.4, -0.2) is 55.4 Å². The summed E-state index contributed by atoms with van der Waals surface area (Å²) in [5.41, 5.74) is 0. The molecule has 1 aliphatic rings. The first-order chi connectivity index (χ1) is 7.55. The smallest absolute Gasteiger partial charge is 0.243 e. The quantitative estimate of drug-likeness (QED) is 0.803. The Kier molecular flexibility index (Phi) is 5.65. The molecule has 2 unspecified atom stereocenters. The molecule has 0 bridgehead atoms. The van der Waals surface area contributed by atoms with Gasteiger partial charge in [-0.3, -0.25) is 4.79 Å². The van der Waals surface area contributed by atoms with Crippen LogP contribution in [0.25, 0.3) is 0 Å². The molecule has 0 saturated carbocycles. The van der Waals surface area contributed by atoms with E-state index >= 15 is 0 Å². The van der Waals surface area contributed by atoms with Gasteiger partial charge in [-0.1, -0.05) is 0 Å². The number of hydrogen-bond acceptors (Lipinski definition) is 4. The summed E-state index contributed by atoms with van der Waals surface area (Å²) in [5, 5.41) is 3.31. The third-order valence-electron chi connectivity index (χ3n) is 3.29. The van der Waals surface area contributed by atoms with Crippen molar-refractivity contribution in [1.82, 2.24) is 10.2 Å². The van der Waals surface area contributed by atoms with Crippen molar-refractivity contribution in [2.75, 3.05) is 19.3 Å². The lowest BCUT2D eigenvalue weighted by Gasteiger charge is -2.39. The molecular formula is C11H23ClN2O3S. The van der Waals surface area contributed by atoms with Crippen LogP contribution >= 0.6 is 12.4 Å². The fourth-order valence-electron chi connectivity index (χ4n) is 2.03. The number of sulfone groups is 1. The molecule has 1 N–H and O–H groups in total. The Morgan fingerprint density at radius 2 is 1.61 bits per heavy atom. The molecule has 0 aromatic rings. The number of halogens is 1. The molecule has 1 heterocycles. The van der Waals surface area contributed by atoms with E-state index in [1.165, 1.54) is 13.8 Å². The van der Waals surface area contributed by atoms with Gasteiger partial charge in [0.1, 0.15) is 4.75 Å². The van der Waals surface area contributed by atoms with Crippen molar-refractivity contribution < 1.29 is 13.2 Å². The van der Waals surface area contributed by atoms with Gasteiger partial charge in [-0.05, 0) is 27.7 Å². The van der Waals surface area contributed by atoms with Gasteiger partial charge in [-0.2, -0.15) is 0 Å². The molecule has 0 spiro atoms. The average molecular weight is 299 g/mol. The van der Waals surface area contributed by atoms with Crippen LogP contribution < -0.4 is 5.32 Å². The molecule has 1 saturated heterocycles. The predicted molar refractivity (Wildman–Crippen MR) is 74.8 cm³/mol. The van der Waals surface area contributed by atoms with Gasteiger partial charge in [0.25, 0.3) is 0 Å². The van der Waals surface area contributed by atoms with E-state index in [2.05, 4.69) is 5.32 Å². The second-order valence-corrected chi connectivity index (χ2v) is 8.03. The number of nitrogens with zero attached hydrogens (tertiary/aromatic N) is 1. The van der Waals surface area contributed by atoms with Gasteiger partial charge in [-0.15, -0.1) is 12.4 Å². The second-order valence-electron chi connectivity index (χ2n) is 5.46. The maximum Gasteiger partial charge on any atom is 0.243 e. The van der Waals surface area contributed by atoms with Crippen molar-refractivity contribution in [2.45, 2.75) is 44.5 Å². The van der Waals surface area contributed by atoms with E-state index in [4.69, 9.17) is 0 Å². The first-order valence-corrected chi connectivity index (χ1v) is 7.70. The number of carbonyl (C=O) groups is 1. The number of nitrogens with one attached hydrogen (secondary N) is 1. The fraction of sp³-hybridized carbons (Fsp3) is 0.909. The Morgan fingerprint density at radius 3 is 1.94 bits per heavy atom. The normalized spacial score (nSPS) is 25.5. The van der Waals surface area contributed by atoms with Crippen molar-refractivity contribution in [3.05, 3.63) is 0 Å². The van der Waals surface area contributed by atoms with Gasteiger partial charge in [0.15, 0.2) is 9.84 Å². The minimum absolute atomic E-state index is 0. The summed E-state index contributed by atoms with van der Waals surface area (Å²) >= 11 is 0. The van der Waals surface area contributed by atoms with Gasteiger partial charge < -0.3 is 10.2 Å². The average Bonchev–Trinajstić information content (AvgIpc) is 2.13. The fourth-order valence-corrected chi connectivity index (χ4v) is 2.48. The lowest BCUT2D eigenvalue weighted by Crippen LogP contribution is -2.60. The lowest BCUT2D eigenvalue weighted by atomic mass is 10.1. The summed E-state index contributed by atoms with van der Waals surface area (Å²) in [6, 6.07) is 0.385. The van der Waals surface area contributed by atoms with Crippen molar-refractivity contribution in [2.24, 2.45) is 0 Å². The molecule has 1 rings (SSSR count). The van der Waals surface area contributed by atoms with Crippen LogP contribution in [0.5, 0.6) is 0 Å². The summed E-state index contributed by atoms with van der Waals surface area (Å²) in [6.45, 7) is 8.04. The van der Waals surface area contributed by atoms with Gasteiger partial charge in [0, 0.05) is 31.4 Å². The van der Waals surface area contributed by atoms with Crippen molar-refractivity contribution in [3.8, 4) is 0 Å². The summed E-state index contributed by atoms with van der Waals surface area (Å²) in [7, 11) is -3.40. The molecule has 1 aliphatic heterocycles. The Bertz CT molecular complexity index is 399. The SMILES string of the molecule is CC1CN(C(=O)C(C)(C)S(C)(=O)=O)CC(C)N1.Cl. The topological polar surface area (TPSA) is 66.5 Å². The second kappa shape index (κ2) is 5.75. The number of carbonyl (C=O) groups excluding carboxylic acids is 1. The molecule has 1 fully saturated rings. The standard InChI is InChI=1S/C11H22N2O3S.ClH/c1-8-6-13(7-9(2)12-8)10(14)11(3,4)17(5,15)16;/h8-9,12H,6-7H2,1-5H3;1H. The van der Waals surface area contributed by atoms with E-state index in [1.807, 2.05) is 13.8 Å². The zero-order chi connectivity index (χ0) is 13.4. The molecule has 0 aliphatic carbocycles. The highest BCUT2D eigenvalue weighted by Crippen LogP contribution is 2.20. The summed E-state index contributed by atoms with van der Waals surface area (Å²) in [4.78, 5) is 13.9. The maximum absolute atomic E-state index is 12.3. The van der Waals surface area contributed by atoms with E-state index < -0.39 is 14.6 Å². The first kappa shape index (κ1) is 17.7. The number of rotatable bonds is 2. The van der Waals surface area contributed by atoms with Gasteiger partial charge in [0.2, 0.25) is 5.91 Å². The molecule has 108 valence electrons. The molecule has 18 heavy (non-hydrogen) atoms. The molecular weight excluding hydrogens is 276 g/mol. The van der Waals surface area contributed by atoms with Crippen LogP contribution in [0, 0.1) is 0 Å². The van der Waals surface area contributed by atoms with Crippen LogP contribution in [0.2, 0.25) is 0 Å². The lowest BCUT2D eigenvalue weighted by molar-refractivity contribution is -0.134. The highest BCUT2D eigenvalue weighted by molar-refractivity contribution is 7.92. The molecule has 1 amide bonds. The third kappa shape index (κ3) is 3.59. The summed E-state index contributed by atoms with van der Waals surface area (Å²) in [6.07, 6.45) is 1.11. The van der Waals surface area contributed by atoms with Gasteiger partial charge >= 0.3 is 0 Å². The van der Waals surface area contributed by atoms with E-state index in [-0.39, 0.29) is 30.4 Å². The van der Waals surface area contributed by atoms with E-state index in [0.717, 1.165) is 6.26 Å². The zero-order valence-corrected chi connectivity index (χ0v) is 13.2. The molecule has 7 heteroatoms. The van der Waals surface area contributed by atoms with Crippen LogP contribution in [0.3, 0.4) is 0 Å². The number of piperazine rings is 1. The Hall–Kier alpha value is -0.330. The van der Waals surface area contributed by atoms with Gasteiger partial charge in [0.05, 0.1) is 0 Å². The maximum atomic E-state index is 12.3. The summed E-state index contributed by atoms with van der Waals surface area (Å²) in [5.74, 6) is -0.305. The van der Waals surface area contributed by atoms with E-state index in [9.17, 15) is 13.2 Å². The van der Waals surface area contributed by atoms with Crippen LogP contribution in [0.15, 0.2) is 0 Å². The highest BCUT2D eigenvalue weighted by Gasteiger charge is 2.42. The Morgan fingerprint density at radius 1 is 1.22 bits per heavy atom. The van der Waals surface area contributed by atoms with Crippen molar-refractivity contribution in [3.63, 3.8) is 0 Å². The Balaban J connectivity index is 0.00000289. The molecule has 2 atom stereocenters. The minimum atomic E-state index is -3.40. The highest BCUT2D eigenvalue weighted by atomic mass is 35.5. The Labute approximate surface area is 116 Å². The molecule has 5 nitrogen and oxygen atoms in total. The zero-order valence-electron chi connectivity index (χ0n) is 11.6. The number of amides is 1. The number of hydrogen-bond donors (Lipinski definition) is 1. The minimum Gasteiger partial charge on any atom is -0.338 e. The van der Waals surface area contributed by atoms with Crippen molar-refractivity contribution in [1.29, 1.82) is 0 Å². The van der Waals surface area contributed by atoms with Crippen LogP contribution in [0.4, 0.5) is 0 Å². The predicted octanol–water partition coefficient (Wildman–Crippen LogP) is 0.440. The monoisotopic (exact) mass is 298 g/mol. The van der Waals surface area contributed by atoms with E-state index in [0.29, 0.717) is 13.1 Å². The first-order valence-electron chi connectivity index (χ1n) is 5.80. The molecule has 0 aromatic carbocycles. The molecule has 0 aromatic heterocycles. The third-order valence-corrected chi connectivity index (χ3v) is 5.32.